The lowest BCUT2D eigenvalue weighted by Gasteiger charge is -2.06. The topological polar surface area (TPSA) is 58.2 Å². The first-order valence-electron chi connectivity index (χ1n) is 6.90. The number of benzene rings is 1. The van der Waals surface area contributed by atoms with Gasteiger partial charge < -0.3 is 5.32 Å². The minimum atomic E-state index is -3.49. The van der Waals surface area contributed by atoms with Crippen molar-refractivity contribution in [3.63, 3.8) is 0 Å². The minimum absolute atomic E-state index is 0.357. The van der Waals surface area contributed by atoms with Gasteiger partial charge in [0.1, 0.15) is 4.21 Å². The van der Waals surface area contributed by atoms with E-state index in [9.17, 15) is 8.42 Å². The SMILES string of the molecule is CCNCCc1ccc(S(=O)(=O)Nc2cccc(C)c2)s1. The zero-order chi connectivity index (χ0) is 15.3. The van der Waals surface area contributed by atoms with Crippen LogP contribution in [0, 0.1) is 6.92 Å². The molecule has 0 amide bonds. The van der Waals surface area contributed by atoms with Crippen LogP contribution in [0.1, 0.15) is 17.4 Å². The van der Waals surface area contributed by atoms with Crippen LogP contribution >= 0.6 is 11.3 Å². The quantitative estimate of drug-likeness (QED) is 0.770. The molecule has 114 valence electrons. The van der Waals surface area contributed by atoms with Crippen LogP contribution < -0.4 is 10.0 Å². The Kier molecular flexibility index (Phi) is 5.39. The highest BCUT2D eigenvalue weighted by Gasteiger charge is 2.16. The van der Waals surface area contributed by atoms with E-state index in [2.05, 4.69) is 17.0 Å². The number of nitrogens with one attached hydrogen (secondary N) is 2. The number of likely N-dealkylation sites (N-methyl/N-ethyl adjacent to an activating group) is 1. The predicted molar refractivity (Wildman–Crippen MR) is 88.6 cm³/mol. The lowest BCUT2D eigenvalue weighted by molar-refractivity contribution is 0.603. The third-order valence-electron chi connectivity index (χ3n) is 2.97. The first-order valence-corrected chi connectivity index (χ1v) is 9.20. The molecule has 0 saturated heterocycles. The van der Waals surface area contributed by atoms with Crippen molar-refractivity contribution in [1.82, 2.24) is 5.32 Å². The van der Waals surface area contributed by atoms with Crippen LogP contribution in [0.15, 0.2) is 40.6 Å². The molecule has 1 heterocycles. The van der Waals surface area contributed by atoms with E-state index in [1.54, 1.807) is 12.1 Å². The van der Waals surface area contributed by atoms with Gasteiger partial charge in [0, 0.05) is 10.6 Å². The van der Waals surface area contributed by atoms with E-state index in [1.807, 2.05) is 31.2 Å². The number of aryl methyl sites for hydroxylation is 1. The monoisotopic (exact) mass is 324 g/mol. The molecule has 4 nitrogen and oxygen atoms in total. The molecule has 0 bridgehead atoms. The van der Waals surface area contributed by atoms with Crippen LogP contribution in [0.4, 0.5) is 5.69 Å². The molecule has 21 heavy (non-hydrogen) atoms. The molecule has 1 aromatic carbocycles. The second kappa shape index (κ2) is 7.06. The second-order valence-electron chi connectivity index (χ2n) is 4.80. The summed E-state index contributed by atoms with van der Waals surface area (Å²) in [4.78, 5) is 1.07. The van der Waals surface area contributed by atoms with Gasteiger partial charge in [-0.15, -0.1) is 11.3 Å². The van der Waals surface area contributed by atoms with Gasteiger partial charge in [0.2, 0.25) is 0 Å². The Hall–Kier alpha value is -1.37. The van der Waals surface area contributed by atoms with Gasteiger partial charge in [0.05, 0.1) is 0 Å². The number of sulfonamides is 1. The van der Waals surface area contributed by atoms with Crippen LogP contribution in [0.5, 0.6) is 0 Å². The Balaban J connectivity index is 2.09. The third-order valence-corrected chi connectivity index (χ3v) is 5.99. The summed E-state index contributed by atoms with van der Waals surface area (Å²) in [7, 11) is -3.49. The zero-order valence-corrected chi connectivity index (χ0v) is 13.9. The lowest BCUT2D eigenvalue weighted by atomic mass is 10.2. The summed E-state index contributed by atoms with van der Waals surface area (Å²) in [6, 6.07) is 10.9. The van der Waals surface area contributed by atoms with Crippen molar-refractivity contribution in [2.75, 3.05) is 17.8 Å². The first kappa shape index (κ1) is 16.0. The fourth-order valence-corrected chi connectivity index (χ4v) is 4.34. The molecule has 6 heteroatoms. The Morgan fingerprint density at radius 2 is 2.00 bits per heavy atom. The van der Waals surface area contributed by atoms with Gasteiger partial charge in [-0.05, 0) is 56.3 Å². The van der Waals surface area contributed by atoms with Crippen LogP contribution in [0.25, 0.3) is 0 Å². The number of rotatable bonds is 7. The second-order valence-corrected chi connectivity index (χ2v) is 7.88. The molecule has 0 unspecified atom stereocenters. The first-order chi connectivity index (χ1) is 10.0. The molecule has 0 aliphatic heterocycles. The summed E-state index contributed by atoms with van der Waals surface area (Å²) in [6.07, 6.45) is 0.846. The van der Waals surface area contributed by atoms with Crippen molar-refractivity contribution in [3.8, 4) is 0 Å². The van der Waals surface area contributed by atoms with Crippen molar-refractivity contribution < 1.29 is 8.42 Å². The smallest absolute Gasteiger partial charge is 0.271 e. The molecular formula is C15H20N2O2S2. The van der Waals surface area contributed by atoms with Crippen molar-refractivity contribution in [2.24, 2.45) is 0 Å². The molecule has 0 spiro atoms. The van der Waals surface area contributed by atoms with Gasteiger partial charge in [0.25, 0.3) is 10.0 Å². The molecule has 2 aromatic rings. The summed E-state index contributed by atoms with van der Waals surface area (Å²) < 4.78 is 27.7. The molecule has 0 fully saturated rings. The Morgan fingerprint density at radius 3 is 2.71 bits per heavy atom. The zero-order valence-electron chi connectivity index (χ0n) is 12.2. The maximum Gasteiger partial charge on any atom is 0.271 e. The molecule has 0 radical (unpaired) electrons. The van der Waals surface area contributed by atoms with Gasteiger partial charge in [0.15, 0.2) is 0 Å². The number of anilines is 1. The summed E-state index contributed by atoms with van der Waals surface area (Å²) in [5, 5.41) is 3.23. The highest BCUT2D eigenvalue weighted by Crippen LogP contribution is 2.24. The minimum Gasteiger partial charge on any atom is -0.317 e. The number of thiophene rings is 1. The largest absolute Gasteiger partial charge is 0.317 e. The van der Waals surface area contributed by atoms with Crippen molar-refractivity contribution in [3.05, 3.63) is 46.8 Å². The lowest BCUT2D eigenvalue weighted by Crippen LogP contribution is -2.15. The van der Waals surface area contributed by atoms with Crippen LogP contribution in [-0.2, 0) is 16.4 Å². The van der Waals surface area contributed by atoms with E-state index in [4.69, 9.17) is 0 Å². The Labute approximate surface area is 130 Å². The third kappa shape index (κ3) is 4.56. The Morgan fingerprint density at radius 1 is 1.19 bits per heavy atom. The molecule has 2 N–H and O–H groups in total. The van der Waals surface area contributed by atoms with Crippen LogP contribution in [0.3, 0.4) is 0 Å². The average Bonchev–Trinajstić information content (AvgIpc) is 2.88. The van der Waals surface area contributed by atoms with Gasteiger partial charge in [-0.3, -0.25) is 4.72 Å². The van der Waals surface area contributed by atoms with Crippen molar-refractivity contribution in [2.45, 2.75) is 24.5 Å². The van der Waals surface area contributed by atoms with Crippen molar-refractivity contribution in [1.29, 1.82) is 0 Å². The molecular weight excluding hydrogens is 304 g/mol. The summed E-state index contributed by atoms with van der Waals surface area (Å²) in [6.45, 7) is 5.77. The maximum atomic E-state index is 12.3. The van der Waals surface area contributed by atoms with E-state index in [1.165, 1.54) is 11.3 Å². The summed E-state index contributed by atoms with van der Waals surface area (Å²) in [5.74, 6) is 0. The van der Waals surface area contributed by atoms with Crippen LogP contribution in [-0.4, -0.2) is 21.5 Å². The maximum absolute atomic E-state index is 12.3. The molecule has 0 atom stereocenters. The van der Waals surface area contributed by atoms with Crippen molar-refractivity contribution >= 4 is 27.0 Å². The Bertz CT molecular complexity index is 693. The van der Waals surface area contributed by atoms with E-state index in [0.717, 1.165) is 30.0 Å². The normalized spacial score (nSPS) is 11.5. The van der Waals surface area contributed by atoms with Gasteiger partial charge in [-0.1, -0.05) is 19.1 Å². The van der Waals surface area contributed by atoms with Gasteiger partial charge in [-0.2, -0.15) is 0 Å². The van der Waals surface area contributed by atoms with E-state index in [-0.39, 0.29) is 0 Å². The standard InChI is InChI=1S/C15H20N2O2S2/c1-3-16-10-9-14-7-8-15(20-14)21(18,19)17-13-6-4-5-12(2)11-13/h4-8,11,16-17H,3,9-10H2,1-2H3. The average molecular weight is 324 g/mol. The molecule has 1 aromatic heterocycles. The molecule has 0 aliphatic rings. The highest BCUT2D eigenvalue weighted by atomic mass is 32.2. The fourth-order valence-electron chi connectivity index (χ4n) is 1.94. The van der Waals surface area contributed by atoms with Gasteiger partial charge >= 0.3 is 0 Å². The highest BCUT2D eigenvalue weighted by molar-refractivity contribution is 7.94. The fraction of sp³-hybridized carbons (Fsp3) is 0.333. The number of hydrogen-bond donors (Lipinski definition) is 2. The predicted octanol–water partition coefficient (Wildman–Crippen LogP) is 3.01. The van der Waals surface area contributed by atoms with Gasteiger partial charge in [-0.25, -0.2) is 8.42 Å². The summed E-state index contributed by atoms with van der Waals surface area (Å²) >= 11 is 1.32. The van der Waals surface area contributed by atoms with E-state index < -0.39 is 10.0 Å². The van der Waals surface area contributed by atoms with E-state index >= 15 is 0 Å². The molecule has 0 aliphatic carbocycles. The summed E-state index contributed by atoms with van der Waals surface area (Å²) in [5.41, 5.74) is 1.62. The van der Waals surface area contributed by atoms with E-state index in [0.29, 0.717) is 9.90 Å². The van der Waals surface area contributed by atoms with Crippen LogP contribution in [0.2, 0.25) is 0 Å². The molecule has 0 saturated carbocycles. The molecule has 2 rings (SSSR count). The number of hydrogen-bond acceptors (Lipinski definition) is 4.